The zero-order chi connectivity index (χ0) is 31.2. The molecule has 3 saturated heterocycles. The molecule has 0 aromatic heterocycles. The number of carbonyl (C=O) groups is 3. The number of hydrogen-bond donors (Lipinski definition) is 1. The SMILES string of the molecule is C=CCCOC(=O)[C@H]1[C@H]2C(=O)N(CCCCCO)C(C(=O)N(CC=C)c3ccc(N(CC)CC)cc3)C23CC[C@]1(CC)O3. The maximum Gasteiger partial charge on any atom is 0.312 e. The van der Waals surface area contributed by atoms with Crippen molar-refractivity contribution in [1.82, 2.24) is 4.90 Å². The minimum absolute atomic E-state index is 0.0697. The lowest BCUT2D eigenvalue weighted by molar-refractivity contribution is -0.160. The predicted molar refractivity (Wildman–Crippen MR) is 168 cm³/mol. The Morgan fingerprint density at radius 1 is 1.07 bits per heavy atom. The molecule has 1 spiro atoms. The number of fused-ring (bicyclic) bond motifs is 1. The van der Waals surface area contributed by atoms with Crippen LogP contribution < -0.4 is 9.80 Å². The lowest BCUT2D eigenvalue weighted by Crippen LogP contribution is -2.56. The molecule has 0 aliphatic carbocycles. The van der Waals surface area contributed by atoms with Gasteiger partial charge in [0, 0.05) is 44.2 Å². The number of ether oxygens (including phenoxy) is 2. The molecule has 3 aliphatic rings. The van der Waals surface area contributed by atoms with Crippen molar-refractivity contribution in [2.24, 2.45) is 11.8 Å². The Morgan fingerprint density at radius 2 is 1.77 bits per heavy atom. The molecular formula is C34H49N3O6. The molecule has 3 aliphatic heterocycles. The summed E-state index contributed by atoms with van der Waals surface area (Å²) in [6, 6.07) is 7.01. The maximum absolute atomic E-state index is 14.7. The van der Waals surface area contributed by atoms with Gasteiger partial charge in [-0.25, -0.2) is 0 Å². The molecule has 1 aromatic rings. The first kappa shape index (κ1) is 32.7. The quantitative estimate of drug-likeness (QED) is 0.161. The lowest BCUT2D eigenvalue weighted by atomic mass is 9.65. The van der Waals surface area contributed by atoms with Gasteiger partial charge in [-0.3, -0.25) is 14.4 Å². The molecule has 1 aromatic carbocycles. The molecule has 0 saturated carbocycles. The molecule has 5 atom stereocenters. The third-order valence-corrected chi connectivity index (χ3v) is 9.66. The molecule has 43 heavy (non-hydrogen) atoms. The van der Waals surface area contributed by atoms with Crippen molar-refractivity contribution in [2.45, 2.75) is 83.0 Å². The molecule has 2 bridgehead atoms. The highest BCUT2D eigenvalue weighted by Crippen LogP contribution is 2.64. The van der Waals surface area contributed by atoms with Gasteiger partial charge in [-0.05, 0) is 83.1 Å². The molecule has 1 N–H and O–H groups in total. The topological polar surface area (TPSA) is 99.6 Å². The fourth-order valence-electron chi connectivity index (χ4n) is 7.53. The molecule has 0 radical (unpaired) electrons. The minimum atomic E-state index is -1.12. The number of hydrogen-bond acceptors (Lipinski definition) is 7. The van der Waals surface area contributed by atoms with Gasteiger partial charge in [-0.2, -0.15) is 0 Å². The Kier molecular flexibility index (Phi) is 10.7. The van der Waals surface area contributed by atoms with Crippen LogP contribution >= 0.6 is 0 Å². The van der Waals surface area contributed by atoms with E-state index < -0.39 is 35.0 Å². The average molecular weight is 596 g/mol. The molecule has 3 heterocycles. The summed E-state index contributed by atoms with van der Waals surface area (Å²) in [5.74, 6) is -2.46. The van der Waals surface area contributed by atoms with Crippen molar-refractivity contribution in [1.29, 1.82) is 0 Å². The first-order chi connectivity index (χ1) is 20.8. The van der Waals surface area contributed by atoms with Crippen molar-refractivity contribution in [3.8, 4) is 0 Å². The van der Waals surface area contributed by atoms with Crippen molar-refractivity contribution >= 4 is 29.2 Å². The summed E-state index contributed by atoms with van der Waals surface area (Å²) in [5.41, 5.74) is -0.182. The van der Waals surface area contributed by atoms with Crippen LogP contribution in [0.15, 0.2) is 49.6 Å². The Morgan fingerprint density at radius 3 is 2.37 bits per heavy atom. The second-order valence-corrected chi connectivity index (χ2v) is 11.8. The van der Waals surface area contributed by atoms with E-state index >= 15 is 0 Å². The number of rotatable bonds is 17. The maximum atomic E-state index is 14.7. The largest absolute Gasteiger partial charge is 0.465 e. The lowest BCUT2D eigenvalue weighted by Gasteiger charge is -2.37. The Labute approximate surface area is 256 Å². The van der Waals surface area contributed by atoms with Crippen molar-refractivity contribution in [3.05, 3.63) is 49.6 Å². The van der Waals surface area contributed by atoms with E-state index in [0.29, 0.717) is 50.8 Å². The average Bonchev–Trinajstić information content (AvgIpc) is 3.62. The molecule has 9 heteroatoms. The van der Waals surface area contributed by atoms with E-state index in [1.807, 2.05) is 31.2 Å². The van der Waals surface area contributed by atoms with Crippen molar-refractivity contribution in [2.75, 3.05) is 49.2 Å². The number of benzene rings is 1. The zero-order valence-corrected chi connectivity index (χ0v) is 26.1. The van der Waals surface area contributed by atoms with Gasteiger partial charge in [0.15, 0.2) is 0 Å². The van der Waals surface area contributed by atoms with Crippen LogP contribution in [0.5, 0.6) is 0 Å². The van der Waals surface area contributed by atoms with E-state index in [1.165, 1.54) is 0 Å². The zero-order valence-electron chi connectivity index (χ0n) is 26.1. The molecule has 9 nitrogen and oxygen atoms in total. The van der Waals surface area contributed by atoms with Gasteiger partial charge in [-0.1, -0.05) is 19.1 Å². The number of likely N-dealkylation sites (tertiary alicyclic amines) is 1. The van der Waals surface area contributed by atoms with Crippen LogP contribution in [0.3, 0.4) is 0 Å². The number of nitrogens with zero attached hydrogens (tertiary/aromatic N) is 3. The van der Waals surface area contributed by atoms with Crippen LogP contribution in [0, 0.1) is 11.8 Å². The number of unbranched alkanes of at least 4 members (excludes halogenated alkanes) is 2. The molecule has 2 amide bonds. The van der Waals surface area contributed by atoms with E-state index in [4.69, 9.17) is 9.47 Å². The highest BCUT2D eigenvalue weighted by Gasteiger charge is 2.79. The monoisotopic (exact) mass is 595 g/mol. The van der Waals surface area contributed by atoms with E-state index in [0.717, 1.165) is 25.2 Å². The van der Waals surface area contributed by atoms with Crippen LogP contribution in [0.2, 0.25) is 0 Å². The number of aliphatic hydroxyl groups excluding tert-OH is 1. The minimum Gasteiger partial charge on any atom is -0.465 e. The van der Waals surface area contributed by atoms with Crippen LogP contribution in [-0.4, -0.2) is 84.4 Å². The first-order valence-corrected chi connectivity index (χ1v) is 15.9. The summed E-state index contributed by atoms with van der Waals surface area (Å²) in [6.45, 7) is 16.4. The van der Waals surface area contributed by atoms with E-state index in [1.54, 1.807) is 22.0 Å². The Balaban J connectivity index is 1.73. The van der Waals surface area contributed by atoms with Crippen LogP contribution in [0.1, 0.15) is 65.7 Å². The molecular weight excluding hydrogens is 546 g/mol. The van der Waals surface area contributed by atoms with Gasteiger partial charge < -0.3 is 29.3 Å². The summed E-state index contributed by atoms with van der Waals surface area (Å²) < 4.78 is 12.5. The smallest absolute Gasteiger partial charge is 0.312 e. The predicted octanol–water partition coefficient (Wildman–Crippen LogP) is 4.49. The second-order valence-electron chi connectivity index (χ2n) is 11.8. The molecule has 236 valence electrons. The van der Waals surface area contributed by atoms with E-state index in [2.05, 4.69) is 31.9 Å². The van der Waals surface area contributed by atoms with Gasteiger partial charge in [-0.15, -0.1) is 13.2 Å². The standard InChI is InChI=1S/C34H49N3O6/c1-6-11-24-42-32(41)28-27-30(39)37(22-13-12-14-23-38)29(34(27)20-19-33(28,8-3)43-34)31(40)36(21-7-2)26-17-15-25(16-18-26)35(9-4)10-5/h6-7,15-18,27-29,38H,1-2,8-14,19-24H2,3-5H3/t27-,28+,29?,33-,34?/m0/s1. The molecule has 2 unspecified atom stereocenters. The number of esters is 1. The van der Waals surface area contributed by atoms with Crippen molar-refractivity contribution < 1.29 is 29.0 Å². The number of amides is 2. The summed E-state index contributed by atoms with van der Waals surface area (Å²) in [5, 5.41) is 9.32. The third kappa shape index (κ3) is 5.86. The van der Waals surface area contributed by atoms with Gasteiger partial charge in [0.1, 0.15) is 17.6 Å². The highest BCUT2D eigenvalue weighted by molar-refractivity contribution is 6.05. The van der Waals surface area contributed by atoms with E-state index in [9.17, 15) is 19.5 Å². The summed E-state index contributed by atoms with van der Waals surface area (Å²) >= 11 is 0. The summed E-state index contributed by atoms with van der Waals surface area (Å²) in [7, 11) is 0. The second kappa shape index (κ2) is 14.1. The fraction of sp³-hybridized carbons (Fsp3) is 0.618. The van der Waals surface area contributed by atoms with Gasteiger partial charge in [0.05, 0.1) is 18.1 Å². The highest BCUT2D eigenvalue weighted by atomic mass is 16.6. The Hall–Kier alpha value is -3.17. The number of carbonyl (C=O) groups excluding carboxylic acids is 3. The van der Waals surface area contributed by atoms with Gasteiger partial charge in [0.25, 0.3) is 5.91 Å². The van der Waals surface area contributed by atoms with Crippen LogP contribution in [-0.2, 0) is 23.9 Å². The molecule has 4 rings (SSSR count). The normalized spacial score (nSPS) is 27.2. The number of anilines is 2. The van der Waals surface area contributed by atoms with Crippen LogP contribution in [0.25, 0.3) is 0 Å². The summed E-state index contributed by atoms with van der Waals surface area (Å²) in [6.07, 6.45) is 7.49. The van der Waals surface area contributed by atoms with Gasteiger partial charge >= 0.3 is 5.97 Å². The van der Waals surface area contributed by atoms with Crippen LogP contribution in [0.4, 0.5) is 11.4 Å². The fourth-order valence-corrected chi connectivity index (χ4v) is 7.53. The van der Waals surface area contributed by atoms with Crippen molar-refractivity contribution in [3.63, 3.8) is 0 Å². The summed E-state index contributed by atoms with van der Waals surface area (Å²) in [4.78, 5) is 48.2. The van der Waals surface area contributed by atoms with E-state index in [-0.39, 0.29) is 31.6 Å². The molecule has 3 fully saturated rings. The third-order valence-electron chi connectivity index (χ3n) is 9.66. The Bertz CT molecular complexity index is 1170. The first-order valence-electron chi connectivity index (χ1n) is 15.9. The van der Waals surface area contributed by atoms with Gasteiger partial charge in [0.2, 0.25) is 5.91 Å². The number of aliphatic hydroxyl groups is 1.